The number of benzene rings is 2. The van der Waals surface area contributed by atoms with Crippen molar-refractivity contribution in [1.82, 2.24) is 5.32 Å². The second-order valence-electron chi connectivity index (χ2n) is 4.69. The number of likely N-dealkylation sites (N-methyl/N-ethyl adjacent to an activating group) is 1. The van der Waals surface area contributed by atoms with Crippen molar-refractivity contribution < 1.29 is 13.9 Å². The second kappa shape index (κ2) is 6.99. The molecule has 0 saturated heterocycles. The summed E-state index contributed by atoms with van der Waals surface area (Å²) in [4.78, 5) is 12.5. The molecule has 4 heteroatoms. The monoisotopic (exact) mass is 287 g/mol. The first kappa shape index (κ1) is 15.2. The number of hydrogen-bond donors (Lipinski definition) is 1. The van der Waals surface area contributed by atoms with E-state index in [0.717, 1.165) is 18.5 Å². The summed E-state index contributed by atoms with van der Waals surface area (Å²) in [6.45, 7) is 0.759. The second-order valence-corrected chi connectivity index (χ2v) is 4.69. The molecule has 0 aliphatic carbocycles. The van der Waals surface area contributed by atoms with E-state index in [-0.39, 0.29) is 11.3 Å². The number of carbonyl (C=O) groups is 1. The van der Waals surface area contributed by atoms with Crippen molar-refractivity contribution in [2.24, 2.45) is 0 Å². The molecule has 0 bridgehead atoms. The van der Waals surface area contributed by atoms with Crippen molar-refractivity contribution in [1.29, 1.82) is 0 Å². The molecule has 0 amide bonds. The van der Waals surface area contributed by atoms with Gasteiger partial charge < -0.3 is 10.1 Å². The number of ether oxygens (including phenoxy) is 1. The van der Waals surface area contributed by atoms with E-state index in [1.165, 1.54) is 19.2 Å². The summed E-state index contributed by atoms with van der Waals surface area (Å²) >= 11 is 0. The van der Waals surface area contributed by atoms with Crippen molar-refractivity contribution in [2.75, 3.05) is 20.7 Å². The quantitative estimate of drug-likeness (QED) is 0.830. The van der Waals surface area contributed by atoms with Crippen LogP contribution in [0.15, 0.2) is 42.5 Å². The van der Waals surface area contributed by atoms with Crippen LogP contribution in [0.1, 0.15) is 21.5 Å². The Kier molecular flexibility index (Phi) is 5.06. The van der Waals surface area contributed by atoms with E-state index in [0.29, 0.717) is 11.3 Å². The Bertz CT molecular complexity index is 640. The summed E-state index contributed by atoms with van der Waals surface area (Å²) < 4.78 is 19.0. The predicted molar refractivity (Wildman–Crippen MR) is 80.5 cm³/mol. The number of carbonyl (C=O) groups excluding carboxylic acids is 1. The molecule has 0 atom stereocenters. The minimum Gasteiger partial charge on any atom is -0.497 e. The van der Waals surface area contributed by atoms with E-state index < -0.39 is 5.82 Å². The number of ketones is 1. The van der Waals surface area contributed by atoms with Crippen LogP contribution in [0.4, 0.5) is 4.39 Å². The minimum atomic E-state index is -0.567. The first-order chi connectivity index (χ1) is 10.2. The molecule has 2 aromatic rings. The molecular formula is C17H18FNO2. The SMILES string of the molecule is CNCCc1ccccc1C(=O)c1ccc(OC)cc1F. The van der Waals surface area contributed by atoms with Gasteiger partial charge in [-0.1, -0.05) is 24.3 Å². The van der Waals surface area contributed by atoms with Crippen LogP contribution in [-0.4, -0.2) is 26.5 Å². The Labute approximate surface area is 123 Å². The lowest BCUT2D eigenvalue weighted by molar-refractivity contribution is 0.103. The average Bonchev–Trinajstić information content (AvgIpc) is 2.52. The van der Waals surface area contributed by atoms with E-state index in [1.54, 1.807) is 18.2 Å². The fourth-order valence-corrected chi connectivity index (χ4v) is 2.17. The zero-order valence-corrected chi connectivity index (χ0v) is 12.2. The Hall–Kier alpha value is -2.20. The molecule has 2 aromatic carbocycles. The molecule has 110 valence electrons. The first-order valence-corrected chi connectivity index (χ1v) is 6.78. The van der Waals surface area contributed by atoms with Crippen LogP contribution in [0.5, 0.6) is 5.75 Å². The van der Waals surface area contributed by atoms with Crippen LogP contribution in [0, 0.1) is 5.82 Å². The molecule has 3 nitrogen and oxygen atoms in total. The van der Waals surface area contributed by atoms with E-state index >= 15 is 0 Å². The highest BCUT2D eigenvalue weighted by Gasteiger charge is 2.17. The Morgan fingerprint density at radius 2 is 1.95 bits per heavy atom. The van der Waals surface area contributed by atoms with Crippen molar-refractivity contribution in [2.45, 2.75) is 6.42 Å². The fraction of sp³-hybridized carbons (Fsp3) is 0.235. The van der Waals surface area contributed by atoms with Crippen molar-refractivity contribution in [3.05, 3.63) is 65.0 Å². The first-order valence-electron chi connectivity index (χ1n) is 6.78. The van der Waals surface area contributed by atoms with E-state index in [9.17, 15) is 9.18 Å². The van der Waals surface area contributed by atoms with Gasteiger partial charge in [0.2, 0.25) is 0 Å². The van der Waals surface area contributed by atoms with Gasteiger partial charge in [-0.25, -0.2) is 4.39 Å². The highest BCUT2D eigenvalue weighted by Crippen LogP contribution is 2.21. The van der Waals surface area contributed by atoms with Gasteiger partial charge in [0.15, 0.2) is 5.78 Å². The molecule has 0 fully saturated rings. The third-order valence-corrected chi connectivity index (χ3v) is 3.33. The number of halogens is 1. The molecule has 0 unspecified atom stereocenters. The number of hydrogen-bond acceptors (Lipinski definition) is 3. The van der Waals surface area contributed by atoms with Crippen LogP contribution >= 0.6 is 0 Å². The van der Waals surface area contributed by atoms with Crippen LogP contribution in [-0.2, 0) is 6.42 Å². The van der Waals surface area contributed by atoms with Gasteiger partial charge in [-0.05, 0) is 37.7 Å². The lowest BCUT2D eigenvalue weighted by atomic mass is 9.96. The smallest absolute Gasteiger partial charge is 0.196 e. The maximum Gasteiger partial charge on any atom is 0.196 e. The van der Waals surface area contributed by atoms with Gasteiger partial charge in [0, 0.05) is 11.6 Å². The van der Waals surface area contributed by atoms with Gasteiger partial charge in [0.25, 0.3) is 0 Å². The summed E-state index contributed by atoms with van der Waals surface area (Å²) in [5.41, 5.74) is 1.51. The minimum absolute atomic E-state index is 0.0627. The zero-order valence-electron chi connectivity index (χ0n) is 12.2. The van der Waals surface area contributed by atoms with Crippen molar-refractivity contribution >= 4 is 5.78 Å². The van der Waals surface area contributed by atoms with Crippen LogP contribution in [0.3, 0.4) is 0 Å². The molecule has 21 heavy (non-hydrogen) atoms. The van der Waals surface area contributed by atoms with Gasteiger partial charge in [-0.3, -0.25) is 4.79 Å². The van der Waals surface area contributed by atoms with Gasteiger partial charge in [0.05, 0.1) is 12.7 Å². The summed E-state index contributed by atoms with van der Waals surface area (Å²) in [6, 6.07) is 11.6. The molecule has 0 aliphatic heterocycles. The third kappa shape index (κ3) is 3.47. The van der Waals surface area contributed by atoms with Gasteiger partial charge >= 0.3 is 0 Å². The maximum absolute atomic E-state index is 14.0. The molecule has 0 aliphatic rings. The van der Waals surface area contributed by atoms with Crippen LogP contribution in [0.25, 0.3) is 0 Å². The fourth-order valence-electron chi connectivity index (χ4n) is 2.17. The highest BCUT2D eigenvalue weighted by molar-refractivity contribution is 6.10. The molecule has 0 heterocycles. The van der Waals surface area contributed by atoms with Crippen LogP contribution in [0.2, 0.25) is 0 Å². The van der Waals surface area contributed by atoms with E-state index in [2.05, 4.69) is 5.32 Å². The summed E-state index contributed by atoms with van der Waals surface area (Å²) in [5, 5.41) is 3.05. The van der Waals surface area contributed by atoms with Gasteiger partial charge in [-0.15, -0.1) is 0 Å². The predicted octanol–water partition coefficient (Wildman–Crippen LogP) is 2.83. The number of rotatable bonds is 6. The molecule has 0 aromatic heterocycles. The summed E-state index contributed by atoms with van der Waals surface area (Å²) in [6.07, 6.45) is 0.718. The van der Waals surface area contributed by atoms with E-state index in [1.807, 2.05) is 19.2 Å². The molecule has 0 saturated carbocycles. The maximum atomic E-state index is 14.0. The largest absolute Gasteiger partial charge is 0.497 e. The summed E-state index contributed by atoms with van der Waals surface area (Å²) in [5.74, 6) is -0.475. The Morgan fingerprint density at radius 1 is 1.19 bits per heavy atom. The van der Waals surface area contributed by atoms with E-state index in [4.69, 9.17) is 4.74 Å². The number of methoxy groups -OCH3 is 1. The van der Waals surface area contributed by atoms with Crippen molar-refractivity contribution in [3.63, 3.8) is 0 Å². The zero-order chi connectivity index (χ0) is 15.2. The average molecular weight is 287 g/mol. The van der Waals surface area contributed by atoms with Gasteiger partial charge in [0.1, 0.15) is 11.6 Å². The topological polar surface area (TPSA) is 38.3 Å². The van der Waals surface area contributed by atoms with Crippen molar-refractivity contribution in [3.8, 4) is 5.75 Å². The Balaban J connectivity index is 2.36. The lowest BCUT2D eigenvalue weighted by Crippen LogP contribution is -2.14. The highest BCUT2D eigenvalue weighted by atomic mass is 19.1. The third-order valence-electron chi connectivity index (χ3n) is 3.33. The lowest BCUT2D eigenvalue weighted by Gasteiger charge is -2.10. The molecule has 0 radical (unpaired) electrons. The van der Waals surface area contributed by atoms with Crippen LogP contribution < -0.4 is 10.1 Å². The molecule has 0 spiro atoms. The molecule has 1 N–H and O–H groups in total. The Morgan fingerprint density at radius 3 is 2.62 bits per heavy atom. The molecule has 2 rings (SSSR count). The molecular weight excluding hydrogens is 269 g/mol. The standard InChI is InChI=1S/C17H18FNO2/c1-19-10-9-12-5-3-4-6-14(12)17(20)15-8-7-13(21-2)11-16(15)18/h3-8,11,19H,9-10H2,1-2H3. The summed E-state index contributed by atoms with van der Waals surface area (Å²) in [7, 11) is 3.32. The number of nitrogens with one attached hydrogen (secondary N) is 1. The van der Waals surface area contributed by atoms with Gasteiger partial charge in [-0.2, -0.15) is 0 Å². The normalized spacial score (nSPS) is 10.4.